The molecule has 1 unspecified atom stereocenters. The molecule has 3 atom stereocenters. The Morgan fingerprint density at radius 2 is 1.41 bits per heavy atom. The first kappa shape index (κ1) is 32.2. The van der Waals surface area contributed by atoms with Crippen molar-refractivity contribution in [2.24, 2.45) is 11.8 Å². The molecular formula is C23H51N3O3. The average molecular weight is 418 g/mol. The van der Waals surface area contributed by atoms with Crippen molar-refractivity contribution in [3.63, 3.8) is 0 Å². The summed E-state index contributed by atoms with van der Waals surface area (Å²) in [6.07, 6.45) is 2.75. The van der Waals surface area contributed by atoms with E-state index in [4.69, 9.17) is 0 Å². The molecule has 0 spiro atoms. The van der Waals surface area contributed by atoms with Crippen LogP contribution in [0.4, 0.5) is 0 Å². The van der Waals surface area contributed by atoms with Crippen LogP contribution in [0.5, 0.6) is 0 Å². The zero-order valence-corrected chi connectivity index (χ0v) is 21.3. The summed E-state index contributed by atoms with van der Waals surface area (Å²) in [7, 11) is 5.35. The van der Waals surface area contributed by atoms with Gasteiger partial charge < -0.3 is 10.2 Å². The van der Waals surface area contributed by atoms with Crippen LogP contribution in [-0.4, -0.2) is 67.2 Å². The van der Waals surface area contributed by atoms with Crippen molar-refractivity contribution in [2.45, 2.75) is 93.7 Å². The predicted octanol–water partition coefficient (Wildman–Crippen LogP) is 4.23. The first-order valence-electron chi connectivity index (χ1n) is 11.1. The molecule has 0 saturated carbocycles. The summed E-state index contributed by atoms with van der Waals surface area (Å²) in [5, 5.41) is 2.72. The summed E-state index contributed by atoms with van der Waals surface area (Å²) >= 11 is 0. The number of carbonyl (C=O) groups excluding carboxylic acids is 3. The summed E-state index contributed by atoms with van der Waals surface area (Å²) in [4.78, 5) is 39.9. The van der Waals surface area contributed by atoms with Gasteiger partial charge in [0.2, 0.25) is 11.8 Å². The highest BCUT2D eigenvalue weighted by Crippen LogP contribution is 2.13. The first-order chi connectivity index (χ1) is 13.4. The molecule has 0 aromatic rings. The summed E-state index contributed by atoms with van der Waals surface area (Å²) in [5.41, 5.74) is 0. The second-order valence-electron chi connectivity index (χ2n) is 7.98. The molecular weight excluding hydrogens is 366 g/mol. The third-order valence-electron chi connectivity index (χ3n) is 4.45. The number of amides is 2. The zero-order chi connectivity index (χ0) is 23.7. The van der Waals surface area contributed by atoms with Gasteiger partial charge in [0.05, 0.1) is 18.6 Å². The van der Waals surface area contributed by atoms with E-state index in [0.29, 0.717) is 12.3 Å². The third kappa shape index (κ3) is 14.2. The lowest BCUT2D eigenvalue weighted by Crippen LogP contribution is -2.51. The molecule has 0 fully saturated rings. The molecule has 0 bridgehead atoms. The molecule has 29 heavy (non-hydrogen) atoms. The Morgan fingerprint density at radius 1 is 0.966 bits per heavy atom. The van der Waals surface area contributed by atoms with Crippen molar-refractivity contribution in [1.82, 2.24) is 15.1 Å². The molecule has 0 aromatic heterocycles. The Morgan fingerprint density at radius 3 is 1.72 bits per heavy atom. The molecule has 1 N–H and O–H groups in total. The molecule has 0 radical (unpaired) electrons. The largest absolute Gasteiger partial charge is 0.346 e. The lowest BCUT2D eigenvalue weighted by atomic mass is 9.97. The molecule has 0 aliphatic rings. The van der Waals surface area contributed by atoms with Crippen molar-refractivity contribution in [1.29, 1.82) is 0 Å². The highest BCUT2D eigenvalue weighted by Gasteiger charge is 2.28. The van der Waals surface area contributed by atoms with E-state index in [1.807, 2.05) is 60.5 Å². The number of nitrogens with zero attached hydrogens (tertiary/aromatic N) is 2. The standard InChI is InChI=1S/C18H35N3O3.C3H8.C2H6.H2/c1-9-13(4)17(20(6)7)18(24)19-11-16(23)21(8)15(14(5)22)10-12(2)3;1-3-2;1-2;/h12-13,15,17H,9-11H2,1-8H3,(H,19,24);3H2,1-2H3;1-2H3;1H/t13?,15-,17-;;;/m0.../s1. The monoisotopic (exact) mass is 417 g/mol. The molecule has 176 valence electrons. The minimum atomic E-state index is -0.436. The lowest BCUT2D eigenvalue weighted by Gasteiger charge is -2.30. The van der Waals surface area contributed by atoms with Crippen LogP contribution in [0.15, 0.2) is 0 Å². The minimum Gasteiger partial charge on any atom is -0.346 e. The Bertz CT molecular complexity index is 457. The van der Waals surface area contributed by atoms with Gasteiger partial charge in [0.15, 0.2) is 5.78 Å². The van der Waals surface area contributed by atoms with E-state index >= 15 is 0 Å². The van der Waals surface area contributed by atoms with Crippen LogP contribution in [0, 0.1) is 11.8 Å². The fourth-order valence-electron chi connectivity index (χ4n) is 2.83. The maximum absolute atomic E-state index is 12.4. The fraction of sp³-hybridized carbons (Fsp3) is 0.870. The summed E-state index contributed by atoms with van der Waals surface area (Å²) in [5.74, 6) is 0.0767. The van der Waals surface area contributed by atoms with E-state index in [9.17, 15) is 14.4 Å². The van der Waals surface area contributed by atoms with Crippen molar-refractivity contribution in [2.75, 3.05) is 27.7 Å². The van der Waals surface area contributed by atoms with Crippen LogP contribution in [0.25, 0.3) is 0 Å². The van der Waals surface area contributed by atoms with Gasteiger partial charge in [0, 0.05) is 8.47 Å². The van der Waals surface area contributed by atoms with E-state index in [1.54, 1.807) is 7.05 Å². The average Bonchev–Trinajstić information content (AvgIpc) is 2.65. The quantitative estimate of drug-likeness (QED) is 0.577. The number of nitrogens with one attached hydrogen (secondary N) is 1. The van der Waals surface area contributed by atoms with Crippen LogP contribution in [-0.2, 0) is 14.4 Å². The lowest BCUT2D eigenvalue weighted by molar-refractivity contribution is -0.138. The maximum atomic E-state index is 12.4. The van der Waals surface area contributed by atoms with Gasteiger partial charge in [0.25, 0.3) is 0 Å². The normalized spacial score (nSPS) is 13.3. The number of likely N-dealkylation sites (N-methyl/N-ethyl adjacent to an activating group) is 2. The van der Waals surface area contributed by atoms with Crippen LogP contribution in [0.1, 0.15) is 83.0 Å². The fourth-order valence-corrected chi connectivity index (χ4v) is 2.83. The molecule has 0 aliphatic heterocycles. The minimum absolute atomic E-state index is 0. The Labute approximate surface area is 182 Å². The van der Waals surface area contributed by atoms with Crippen molar-refractivity contribution in [3.8, 4) is 0 Å². The Hall–Kier alpha value is -1.43. The molecule has 6 nitrogen and oxygen atoms in total. The Balaban J connectivity index is -0.000000513. The summed E-state index contributed by atoms with van der Waals surface area (Å²) < 4.78 is 0. The topological polar surface area (TPSA) is 69.7 Å². The summed E-state index contributed by atoms with van der Waals surface area (Å²) in [6, 6.07) is -0.707. The number of hydrogen-bond acceptors (Lipinski definition) is 4. The van der Waals surface area contributed by atoms with E-state index < -0.39 is 6.04 Å². The van der Waals surface area contributed by atoms with Crippen LogP contribution >= 0.6 is 0 Å². The third-order valence-corrected chi connectivity index (χ3v) is 4.45. The molecule has 0 rings (SSSR count). The summed E-state index contributed by atoms with van der Waals surface area (Å²) in [6.45, 7) is 17.8. The number of Topliss-reactive ketones (excluding diaryl/α,β-unsaturated/α-hetero) is 1. The number of ketones is 1. The smallest absolute Gasteiger partial charge is 0.242 e. The second kappa shape index (κ2) is 18.6. The highest BCUT2D eigenvalue weighted by atomic mass is 16.2. The van der Waals surface area contributed by atoms with Crippen molar-refractivity contribution < 1.29 is 15.8 Å². The maximum Gasteiger partial charge on any atom is 0.242 e. The van der Waals surface area contributed by atoms with Crippen LogP contribution < -0.4 is 5.32 Å². The zero-order valence-electron chi connectivity index (χ0n) is 21.3. The van der Waals surface area contributed by atoms with Gasteiger partial charge in [-0.05, 0) is 39.3 Å². The van der Waals surface area contributed by atoms with E-state index in [2.05, 4.69) is 19.2 Å². The van der Waals surface area contributed by atoms with Gasteiger partial charge in [-0.15, -0.1) is 0 Å². The van der Waals surface area contributed by atoms with Gasteiger partial charge >= 0.3 is 0 Å². The second-order valence-corrected chi connectivity index (χ2v) is 7.98. The first-order valence-corrected chi connectivity index (χ1v) is 11.1. The van der Waals surface area contributed by atoms with E-state index in [-0.39, 0.29) is 37.5 Å². The van der Waals surface area contributed by atoms with Gasteiger partial charge in [-0.1, -0.05) is 68.2 Å². The van der Waals surface area contributed by atoms with Gasteiger partial charge in [-0.3, -0.25) is 19.3 Å². The SMILES string of the molecule is CC.CCC.CCC(C)[C@@H](C(=O)NCC(=O)N(C)[C@@H](CC(C)C)C(C)=O)N(C)C.[HH]. The van der Waals surface area contributed by atoms with Crippen LogP contribution in [0.2, 0.25) is 0 Å². The van der Waals surface area contributed by atoms with Gasteiger partial charge in [-0.25, -0.2) is 0 Å². The molecule has 6 heteroatoms. The van der Waals surface area contributed by atoms with Crippen molar-refractivity contribution in [3.05, 3.63) is 0 Å². The highest BCUT2D eigenvalue weighted by molar-refractivity contribution is 5.91. The number of hydrogen-bond donors (Lipinski definition) is 1. The molecule has 0 aromatic carbocycles. The van der Waals surface area contributed by atoms with E-state index in [0.717, 1.165) is 6.42 Å². The van der Waals surface area contributed by atoms with Gasteiger partial charge in [0.1, 0.15) is 0 Å². The number of carbonyl (C=O) groups is 3. The molecule has 0 aliphatic carbocycles. The van der Waals surface area contributed by atoms with E-state index in [1.165, 1.54) is 18.2 Å². The van der Waals surface area contributed by atoms with Gasteiger partial charge in [-0.2, -0.15) is 0 Å². The van der Waals surface area contributed by atoms with Crippen LogP contribution in [0.3, 0.4) is 0 Å². The number of rotatable bonds is 10. The van der Waals surface area contributed by atoms with Crippen molar-refractivity contribution >= 4 is 17.6 Å². The molecule has 0 heterocycles. The predicted molar refractivity (Wildman–Crippen MR) is 126 cm³/mol. The Kier molecular flexibility index (Phi) is 20.7. The molecule has 0 saturated heterocycles. The molecule has 2 amide bonds.